The van der Waals surface area contributed by atoms with Gasteiger partial charge in [-0.15, -0.1) is 0 Å². The van der Waals surface area contributed by atoms with E-state index in [1.165, 1.54) is 23.8 Å². The first kappa shape index (κ1) is 38.7. The minimum Gasteiger partial charge on any atom is -0.481 e. The topological polar surface area (TPSA) is 89.3 Å². The molecular formula is C32H61N4O3+. The zero-order valence-corrected chi connectivity index (χ0v) is 27.1. The van der Waals surface area contributed by atoms with Crippen molar-refractivity contribution in [1.29, 1.82) is 0 Å². The van der Waals surface area contributed by atoms with Crippen molar-refractivity contribution in [3.8, 4) is 0 Å². The van der Waals surface area contributed by atoms with Crippen molar-refractivity contribution >= 4 is 22.9 Å². The van der Waals surface area contributed by atoms with Gasteiger partial charge in [-0.25, -0.2) is 9.55 Å². The van der Waals surface area contributed by atoms with Gasteiger partial charge in [-0.1, -0.05) is 54.2 Å². The number of hydrogen-bond acceptors (Lipinski definition) is 3. The molecule has 2 unspecified atom stereocenters. The second kappa shape index (κ2) is 14.3. The third-order valence-electron chi connectivity index (χ3n) is 9.06. The number of aryl methyl sites for hydroxylation is 1. The average Bonchev–Trinajstić information content (AvgIpc) is 3.15. The molecule has 7 nitrogen and oxygen atoms in total. The van der Waals surface area contributed by atoms with Crippen LogP contribution in [0.25, 0.3) is 11.0 Å². The summed E-state index contributed by atoms with van der Waals surface area (Å²) in [5.74, 6) is -0.383. The number of carbonyl (C=O) groups is 2. The number of benzene rings is 1. The summed E-state index contributed by atoms with van der Waals surface area (Å²) in [4.78, 5) is 27.1. The van der Waals surface area contributed by atoms with Crippen LogP contribution in [0.4, 0.5) is 0 Å². The summed E-state index contributed by atoms with van der Waals surface area (Å²) in [5, 5.41) is 11.0. The minimum atomic E-state index is -0.897. The highest BCUT2D eigenvalue weighted by Gasteiger charge is 2.53. The molecule has 0 bridgehead atoms. The van der Waals surface area contributed by atoms with Crippen LogP contribution < -0.4 is 9.88 Å². The Bertz CT molecular complexity index is 1060. The highest BCUT2D eigenvalue weighted by Crippen LogP contribution is 2.44. The fourth-order valence-corrected chi connectivity index (χ4v) is 4.35. The number of imidazole rings is 1. The number of carboxylic acids is 1. The number of carboxylic acid groups (broad SMARTS) is 1. The Morgan fingerprint density at radius 2 is 1.41 bits per heavy atom. The zero-order chi connectivity index (χ0) is 30.4. The van der Waals surface area contributed by atoms with Crippen molar-refractivity contribution in [2.24, 2.45) is 18.4 Å². The fourth-order valence-electron chi connectivity index (χ4n) is 4.35. The predicted octanol–water partition coefficient (Wildman–Crippen LogP) is 6.70. The van der Waals surface area contributed by atoms with E-state index in [0.29, 0.717) is 0 Å². The Labute approximate surface area is 239 Å². The summed E-state index contributed by atoms with van der Waals surface area (Å²) in [7, 11) is 4.44. The van der Waals surface area contributed by atoms with Gasteiger partial charge >= 0.3 is 5.97 Å². The maximum atomic E-state index is 10.5. The number of amides is 1. The maximum Gasteiger partial charge on any atom is 0.308 e. The van der Waals surface area contributed by atoms with Crippen LogP contribution >= 0.6 is 0 Å². The quantitative estimate of drug-likeness (QED) is 0.335. The molecule has 0 saturated heterocycles. The predicted molar refractivity (Wildman–Crippen MR) is 166 cm³/mol. The number of fused-ring (bicyclic) bond motifs is 1. The summed E-state index contributed by atoms with van der Waals surface area (Å²) in [5.41, 5.74) is 2.55. The lowest BCUT2D eigenvalue weighted by molar-refractivity contribution is -0.657. The fraction of sp³-hybridized carbons (Fsp3) is 0.719. The third kappa shape index (κ3) is 8.54. The van der Waals surface area contributed by atoms with Gasteiger partial charge in [0, 0.05) is 24.0 Å². The smallest absolute Gasteiger partial charge is 0.308 e. The van der Waals surface area contributed by atoms with Crippen LogP contribution in [0.3, 0.4) is 0 Å². The van der Waals surface area contributed by atoms with E-state index in [4.69, 9.17) is 5.11 Å². The van der Waals surface area contributed by atoms with Gasteiger partial charge in [-0.2, -0.15) is 0 Å². The number of H-pyrrole nitrogens is 1. The van der Waals surface area contributed by atoms with Gasteiger partial charge < -0.3 is 10.4 Å². The SMILES string of the molecule is C.CC.CC(=O)NC(C)C(C)C(=O)O.CN(C(C)(C)C(C)(C)C)C(C)(C)C(C)(C)c1[nH]c2ccccc2[n+]1C. The molecule has 0 spiro atoms. The number of rotatable bonds is 7. The Balaban J connectivity index is 0. The number of nitrogens with one attached hydrogen (secondary N) is 2. The maximum absolute atomic E-state index is 10.5. The molecule has 3 N–H and O–H groups in total. The first-order valence-corrected chi connectivity index (χ1v) is 13.8. The summed E-state index contributed by atoms with van der Waals surface area (Å²) in [6, 6.07) is 8.22. The lowest BCUT2D eigenvalue weighted by Crippen LogP contribution is -2.66. The first-order valence-electron chi connectivity index (χ1n) is 13.8. The summed E-state index contributed by atoms with van der Waals surface area (Å²) >= 11 is 0. The van der Waals surface area contributed by atoms with Crippen molar-refractivity contribution in [1.82, 2.24) is 15.2 Å². The van der Waals surface area contributed by atoms with E-state index in [0.717, 1.165) is 0 Å². The molecule has 0 fully saturated rings. The molecule has 7 heteroatoms. The molecule has 1 aromatic heterocycles. The van der Waals surface area contributed by atoms with E-state index in [-0.39, 0.29) is 41.3 Å². The van der Waals surface area contributed by atoms with Crippen LogP contribution in [0, 0.1) is 11.3 Å². The van der Waals surface area contributed by atoms with Crippen LogP contribution in [0.5, 0.6) is 0 Å². The number of para-hydroxylation sites is 2. The molecule has 2 rings (SSSR count). The Kier molecular flexibility index (Phi) is 14.2. The molecule has 39 heavy (non-hydrogen) atoms. The van der Waals surface area contributed by atoms with E-state index < -0.39 is 11.9 Å². The molecular weight excluding hydrogens is 488 g/mol. The molecule has 1 heterocycles. The number of likely N-dealkylation sites (N-methyl/N-ethyl adjacent to an activating group) is 1. The summed E-state index contributed by atoms with van der Waals surface area (Å²) < 4.78 is 2.31. The standard InChI is InChI=1S/C22H37N3.C7H13NO3.C2H6.CH4/c1-19(2,3)21(6,7)25(11)22(8,9)20(4,5)18-23-16-14-12-13-15-17(16)24(18)10;1-4(7(10)11)5(2)8-6(3)9;1-2;/h12-15H,1-11H3;4-5H,1-3H3,(H,8,9)(H,10,11);1-2H3;1H4/p+1. The normalized spacial score (nSPS) is 13.8. The minimum absolute atomic E-state index is 0. The molecule has 2 atom stereocenters. The first-order chi connectivity index (χ1) is 17.1. The largest absolute Gasteiger partial charge is 0.481 e. The van der Waals surface area contributed by atoms with Crippen LogP contribution in [0.1, 0.15) is 110 Å². The van der Waals surface area contributed by atoms with Gasteiger partial charge in [0.1, 0.15) is 0 Å². The van der Waals surface area contributed by atoms with Gasteiger partial charge in [-0.05, 0) is 80.0 Å². The second-order valence-corrected chi connectivity index (χ2v) is 12.7. The number of nitrogens with zero attached hydrogens (tertiary/aromatic N) is 2. The number of aromatic amines is 1. The number of aliphatic carboxylic acids is 1. The molecule has 0 aliphatic heterocycles. The van der Waals surface area contributed by atoms with Crippen molar-refractivity contribution < 1.29 is 19.3 Å². The monoisotopic (exact) mass is 549 g/mol. The number of carbonyl (C=O) groups excluding carboxylic acids is 1. The van der Waals surface area contributed by atoms with Gasteiger partial charge in [0.2, 0.25) is 5.91 Å². The van der Waals surface area contributed by atoms with Crippen molar-refractivity contribution in [3.63, 3.8) is 0 Å². The van der Waals surface area contributed by atoms with Crippen LogP contribution in [-0.2, 0) is 22.1 Å². The zero-order valence-electron chi connectivity index (χ0n) is 27.1. The van der Waals surface area contributed by atoms with Crippen molar-refractivity contribution in [2.45, 2.75) is 127 Å². The summed E-state index contributed by atoms with van der Waals surface area (Å²) in [6.07, 6.45) is 0. The van der Waals surface area contributed by atoms with Gasteiger partial charge in [0.15, 0.2) is 11.0 Å². The molecule has 1 aromatic carbocycles. The van der Waals surface area contributed by atoms with Crippen LogP contribution in [0.2, 0.25) is 0 Å². The highest BCUT2D eigenvalue weighted by atomic mass is 16.4. The third-order valence-corrected chi connectivity index (χ3v) is 9.06. The molecule has 0 aliphatic carbocycles. The van der Waals surface area contributed by atoms with Crippen LogP contribution in [0.15, 0.2) is 24.3 Å². The molecule has 0 aliphatic rings. The highest BCUT2D eigenvalue weighted by molar-refractivity contribution is 5.75. The average molecular weight is 550 g/mol. The van der Waals surface area contributed by atoms with E-state index in [2.05, 4.69) is 120 Å². The molecule has 1 amide bonds. The summed E-state index contributed by atoms with van der Waals surface area (Å²) in [6.45, 7) is 29.7. The molecule has 226 valence electrons. The van der Waals surface area contributed by atoms with E-state index >= 15 is 0 Å². The Hall–Kier alpha value is -2.41. The molecule has 0 radical (unpaired) electrons. The van der Waals surface area contributed by atoms with Crippen LogP contribution in [-0.4, -0.2) is 51.0 Å². The molecule has 0 saturated carbocycles. The van der Waals surface area contributed by atoms with E-state index in [1.54, 1.807) is 13.8 Å². The van der Waals surface area contributed by atoms with Gasteiger partial charge in [-0.3, -0.25) is 14.5 Å². The lowest BCUT2D eigenvalue weighted by atomic mass is 9.67. The molecule has 2 aromatic rings. The Morgan fingerprint density at radius 3 is 1.79 bits per heavy atom. The number of aromatic nitrogens is 2. The van der Waals surface area contributed by atoms with Gasteiger partial charge in [0.25, 0.3) is 5.82 Å². The second-order valence-electron chi connectivity index (χ2n) is 12.7. The Morgan fingerprint density at radius 1 is 0.949 bits per heavy atom. The van der Waals surface area contributed by atoms with Crippen molar-refractivity contribution in [3.05, 3.63) is 30.1 Å². The van der Waals surface area contributed by atoms with E-state index in [1.807, 2.05) is 13.8 Å². The lowest BCUT2D eigenvalue weighted by Gasteiger charge is -2.56. The van der Waals surface area contributed by atoms with Gasteiger partial charge in [0.05, 0.1) is 18.4 Å². The number of hydrogen-bond donors (Lipinski definition) is 3. The van der Waals surface area contributed by atoms with E-state index in [9.17, 15) is 9.59 Å². The van der Waals surface area contributed by atoms with Crippen molar-refractivity contribution in [2.75, 3.05) is 7.05 Å².